The van der Waals surface area contributed by atoms with E-state index in [1.165, 1.54) is 0 Å². The minimum atomic E-state index is 0.171. The Labute approximate surface area is 246 Å². The van der Waals surface area contributed by atoms with E-state index in [4.69, 9.17) is 14.5 Å². The maximum Gasteiger partial charge on any atom is 0.223 e. The normalized spacial score (nSPS) is 13.4. The van der Waals surface area contributed by atoms with Crippen molar-refractivity contribution in [2.24, 2.45) is 0 Å². The van der Waals surface area contributed by atoms with Crippen LogP contribution in [0.3, 0.4) is 0 Å². The second-order valence-corrected chi connectivity index (χ2v) is 10.4. The summed E-state index contributed by atoms with van der Waals surface area (Å²) in [6, 6.07) is 30.6. The molecule has 0 aliphatic carbocycles. The van der Waals surface area contributed by atoms with Crippen LogP contribution in [-0.4, -0.2) is 60.1 Å². The molecule has 2 aromatic heterocycles. The van der Waals surface area contributed by atoms with Gasteiger partial charge in [-0.15, -0.1) is 0 Å². The Kier molecular flexibility index (Phi) is 8.08. The number of ether oxygens (including phenoxy) is 2. The zero-order valence-corrected chi connectivity index (χ0v) is 24.2. The SMILES string of the molecule is CCOc1cccc(-c2ccc3nc(-c4ccccc4)c(CCC(=O)N4CCN(c5ccccc5OC)CC4)n3c2)c1. The van der Waals surface area contributed by atoms with Crippen molar-refractivity contribution in [1.82, 2.24) is 14.3 Å². The van der Waals surface area contributed by atoms with Crippen LogP contribution >= 0.6 is 0 Å². The van der Waals surface area contributed by atoms with Crippen LogP contribution in [0.15, 0.2) is 97.2 Å². The predicted molar refractivity (Wildman–Crippen MR) is 167 cm³/mol. The standard InChI is InChI=1S/C35H36N4O3/c1-3-42-29-13-9-12-27(24-29)28-16-18-33-36-35(26-10-5-4-6-11-26)31(39(33)25-28)17-19-34(40)38-22-20-37(21-23-38)30-14-7-8-15-32(30)41-2/h4-16,18,24-25H,3,17,19-23H2,1-2H3. The number of methoxy groups -OCH3 is 1. The lowest BCUT2D eigenvalue weighted by molar-refractivity contribution is -0.131. The number of amides is 1. The van der Waals surface area contributed by atoms with Gasteiger partial charge in [0.2, 0.25) is 5.91 Å². The number of anilines is 1. The molecule has 1 amide bonds. The number of hydrogen-bond donors (Lipinski definition) is 0. The summed E-state index contributed by atoms with van der Waals surface area (Å²) in [4.78, 5) is 22.8. The van der Waals surface area contributed by atoms with E-state index in [0.29, 0.717) is 32.5 Å². The number of carbonyl (C=O) groups excluding carboxylic acids is 1. The Bertz CT molecular complexity index is 1670. The fraction of sp³-hybridized carbons (Fsp3) is 0.257. The van der Waals surface area contributed by atoms with Crippen molar-refractivity contribution in [2.75, 3.05) is 44.8 Å². The molecular weight excluding hydrogens is 524 g/mol. The van der Waals surface area contributed by atoms with Crippen LogP contribution < -0.4 is 14.4 Å². The fourth-order valence-electron chi connectivity index (χ4n) is 5.73. The number of fused-ring (bicyclic) bond motifs is 1. The lowest BCUT2D eigenvalue weighted by atomic mass is 10.1. The largest absolute Gasteiger partial charge is 0.495 e. The Balaban J connectivity index is 1.23. The summed E-state index contributed by atoms with van der Waals surface area (Å²) in [5, 5.41) is 0. The third-order valence-corrected chi connectivity index (χ3v) is 7.88. The van der Waals surface area contributed by atoms with Crippen molar-refractivity contribution in [3.63, 3.8) is 0 Å². The van der Waals surface area contributed by atoms with Gasteiger partial charge in [-0.3, -0.25) is 4.79 Å². The molecule has 7 heteroatoms. The van der Waals surface area contributed by atoms with Gasteiger partial charge in [0.05, 0.1) is 30.8 Å². The first-order valence-corrected chi connectivity index (χ1v) is 14.6. The Morgan fingerprint density at radius 3 is 2.38 bits per heavy atom. The highest BCUT2D eigenvalue weighted by atomic mass is 16.5. The van der Waals surface area contributed by atoms with Crippen molar-refractivity contribution in [3.05, 3.63) is 103 Å². The van der Waals surface area contributed by atoms with Crippen molar-refractivity contribution >= 4 is 17.2 Å². The van der Waals surface area contributed by atoms with Gasteiger partial charge in [-0.25, -0.2) is 4.98 Å². The molecule has 0 radical (unpaired) electrons. The first kappa shape index (κ1) is 27.4. The van der Waals surface area contributed by atoms with E-state index < -0.39 is 0 Å². The first-order chi connectivity index (χ1) is 20.6. The van der Waals surface area contributed by atoms with E-state index in [1.807, 2.05) is 60.4 Å². The number of para-hydroxylation sites is 2. The number of aromatic nitrogens is 2. The maximum atomic E-state index is 13.5. The summed E-state index contributed by atoms with van der Waals surface area (Å²) in [6.07, 6.45) is 3.15. The van der Waals surface area contributed by atoms with E-state index in [9.17, 15) is 4.79 Å². The van der Waals surface area contributed by atoms with Crippen LogP contribution in [-0.2, 0) is 11.2 Å². The highest BCUT2D eigenvalue weighted by Gasteiger charge is 2.24. The van der Waals surface area contributed by atoms with Gasteiger partial charge in [-0.1, -0.05) is 54.6 Å². The van der Waals surface area contributed by atoms with Gasteiger partial charge in [-0.2, -0.15) is 0 Å². The molecule has 0 N–H and O–H groups in total. The van der Waals surface area contributed by atoms with Crippen molar-refractivity contribution in [1.29, 1.82) is 0 Å². The summed E-state index contributed by atoms with van der Waals surface area (Å²) < 4.78 is 13.4. The molecule has 0 atom stereocenters. The van der Waals surface area contributed by atoms with Gasteiger partial charge in [0, 0.05) is 44.4 Å². The van der Waals surface area contributed by atoms with E-state index >= 15 is 0 Å². The van der Waals surface area contributed by atoms with Crippen LogP contribution in [0.5, 0.6) is 11.5 Å². The molecule has 3 aromatic carbocycles. The van der Waals surface area contributed by atoms with Gasteiger partial charge in [0.1, 0.15) is 17.1 Å². The van der Waals surface area contributed by atoms with E-state index in [0.717, 1.165) is 64.0 Å². The third-order valence-electron chi connectivity index (χ3n) is 7.88. The lowest BCUT2D eigenvalue weighted by Gasteiger charge is -2.36. The molecule has 3 heterocycles. The number of aryl methyl sites for hydroxylation is 1. The molecule has 1 aliphatic heterocycles. The van der Waals surface area contributed by atoms with Crippen LogP contribution in [0.25, 0.3) is 28.0 Å². The third kappa shape index (κ3) is 5.68. The number of rotatable bonds is 9. The topological polar surface area (TPSA) is 59.3 Å². The summed E-state index contributed by atoms with van der Waals surface area (Å²) in [7, 11) is 1.70. The minimum Gasteiger partial charge on any atom is -0.495 e. The molecular formula is C35H36N4O3. The molecule has 0 unspecified atom stereocenters. The minimum absolute atomic E-state index is 0.171. The summed E-state index contributed by atoms with van der Waals surface area (Å²) in [6.45, 7) is 5.55. The Morgan fingerprint density at radius 2 is 1.60 bits per heavy atom. The second-order valence-electron chi connectivity index (χ2n) is 10.4. The zero-order chi connectivity index (χ0) is 28.9. The monoisotopic (exact) mass is 560 g/mol. The van der Waals surface area contributed by atoms with Gasteiger partial charge in [-0.05, 0) is 60.9 Å². The smallest absolute Gasteiger partial charge is 0.223 e. The van der Waals surface area contributed by atoms with Crippen LogP contribution in [0, 0.1) is 0 Å². The molecule has 1 fully saturated rings. The average molecular weight is 561 g/mol. The van der Waals surface area contributed by atoms with Crippen molar-refractivity contribution in [3.8, 4) is 33.9 Å². The van der Waals surface area contributed by atoms with Crippen molar-refractivity contribution < 1.29 is 14.3 Å². The highest BCUT2D eigenvalue weighted by Crippen LogP contribution is 2.31. The highest BCUT2D eigenvalue weighted by molar-refractivity contribution is 5.78. The molecule has 7 nitrogen and oxygen atoms in total. The van der Waals surface area contributed by atoms with Crippen LogP contribution in [0.4, 0.5) is 5.69 Å². The number of piperazine rings is 1. The number of nitrogens with zero attached hydrogens (tertiary/aromatic N) is 4. The molecule has 5 aromatic rings. The molecule has 1 saturated heterocycles. The van der Waals surface area contributed by atoms with Crippen LogP contribution in [0.2, 0.25) is 0 Å². The van der Waals surface area contributed by atoms with Gasteiger partial charge >= 0.3 is 0 Å². The maximum absolute atomic E-state index is 13.5. The van der Waals surface area contributed by atoms with Gasteiger partial charge in [0.15, 0.2) is 0 Å². The molecule has 0 saturated carbocycles. The van der Waals surface area contributed by atoms with E-state index in [-0.39, 0.29) is 5.91 Å². The molecule has 0 bridgehead atoms. The number of benzene rings is 3. The van der Waals surface area contributed by atoms with E-state index in [2.05, 4.69) is 58.0 Å². The molecule has 214 valence electrons. The van der Waals surface area contributed by atoms with E-state index in [1.54, 1.807) is 7.11 Å². The number of hydrogen-bond acceptors (Lipinski definition) is 5. The van der Waals surface area contributed by atoms with Gasteiger partial charge < -0.3 is 23.7 Å². The zero-order valence-electron chi connectivity index (χ0n) is 24.2. The molecule has 6 rings (SSSR count). The fourth-order valence-corrected chi connectivity index (χ4v) is 5.73. The Morgan fingerprint density at radius 1 is 0.833 bits per heavy atom. The predicted octanol–water partition coefficient (Wildman–Crippen LogP) is 6.36. The second kappa shape index (κ2) is 12.4. The Hall–Kier alpha value is -4.78. The number of carbonyl (C=O) groups is 1. The summed E-state index contributed by atoms with van der Waals surface area (Å²) in [5.74, 6) is 1.88. The van der Waals surface area contributed by atoms with Crippen molar-refractivity contribution in [2.45, 2.75) is 19.8 Å². The summed E-state index contributed by atoms with van der Waals surface area (Å²) in [5.41, 5.74) is 7.10. The number of imidazole rings is 1. The average Bonchev–Trinajstić information content (AvgIpc) is 3.42. The lowest BCUT2D eigenvalue weighted by Crippen LogP contribution is -2.49. The molecule has 42 heavy (non-hydrogen) atoms. The van der Waals surface area contributed by atoms with Gasteiger partial charge in [0.25, 0.3) is 0 Å². The molecule has 0 spiro atoms. The molecule has 1 aliphatic rings. The number of pyridine rings is 1. The first-order valence-electron chi connectivity index (χ1n) is 14.6. The van der Waals surface area contributed by atoms with Crippen LogP contribution in [0.1, 0.15) is 19.0 Å². The summed E-state index contributed by atoms with van der Waals surface area (Å²) >= 11 is 0. The quantitative estimate of drug-likeness (QED) is 0.210.